The third-order valence-corrected chi connectivity index (χ3v) is 6.24. The minimum atomic E-state index is -0.707. The number of carbonyl (C=O) groups excluding carboxylic acids is 1. The second-order valence-electron chi connectivity index (χ2n) is 8.23. The van der Waals surface area contributed by atoms with Crippen LogP contribution in [0.5, 0.6) is 0 Å². The van der Waals surface area contributed by atoms with E-state index in [4.69, 9.17) is 9.15 Å². The van der Waals surface area contributed by atoms with Crippen LogP contribution in [-0.4, -0.2) is 50.2 Å². The monoisotopic (exact) mass is 441 g/mol. The first-order chi connectivity index (χ1) is 15.5. The summed E-state index contributed by atoms with van der Waals surface area (Å²) in [5, 5.41) is 0.0864. The molecule has 1 fully saturated rings. The van der Waals surface area contributed by atoms with Crippen molar-refractivity contribution in [3.8, 4) is 0 Å². The maximum atomic E-state index is 13.8. The summed E-state index contributed by atoms with van der Waals surface area (Å²) in [6, 6.07) is 8.70. The minimum absolute atomic E-state index is 0.0258. The van der Waals surface area contributed by atoms with Crippen LogP contribution in [0.25, 0.3) is 11.0 Å². The predicted octanol–water partition coefficient (Wildman–Crippen LogP) is 1.92. The Bertz CT molecular complexity index is 1220. The molecular weight excluding hydrogens is 418 g/mol. The molecule has 0 aliphatic carbocycles. The zero-order valence-corrected chi connectivity index (χ0v) is 17.4. The molecule has 0 saturated carbocycles. The lowest BCUT2D eigenvalue weighted by molar-refractivity contribution is -0.908. The first-order valence-electron chi connectivity index (χ1n) is 10.8. The maximum absolute atomic E-state index is 13.8. The van der Waals surface area contributed by atoms with Gasteiger partial charge in [-0.05, 0) is 35.9 Å². The Hall–Kier alpha value is -3.10. The molecule has 6 nitrogen and oxygen atoms in total. The van der Waals surface area contributed by atoms with E-state index in [1.165, 1.54) is 29.2 Å². The van der Waals surface area contributed by atoms with Gasteiger partial charge in [0.1, 0.15) is 30.3 Å². The Kier molecular flexibility index (Phi) is 5.48. The Morgan fingerprint density at radius 1 is 1.00 bits per heavy atom. The molecule has 1 N–H and O–H groups in total. The highest BCUT2D eigenvalue weighted by Crippen LogP contribution is 2.38. The molecule has 1 saturated heterocycles. The molecule has 0 spiro atoms. The summed E-state index contributed by atoms with van der Waals surface area (Å²) in [7, 11) is 0. The van der Waals surface area contributed by atoms with E-state index < -0.39 is 23.1 Å². The van der Waals surface area contributed by atoms with E-state index in [0.717, 1.165) is 45.3 Å². The summed E-state index contributed by atoms with van der Waals surface area (Å²) in [4.78, 5) is 29.7. The highest BCUT2D eigenvalue weighted by Gasteiger charge is 2.42. The van der Waals surface area contributed by atoms with Gasteiger partial charge in [0.25, 0.3) is 5.91 Å². The Balaban J connectivity index is 1.53. The van der Waals surface area contributed by atoms with E-state index in [1.807, 2.05) is 0 Å². The summed E-state index contributed by atoms with van der Waals surface area (Å²) in [5.74, 6) is -1.37. The molecule has 0 bridgehead atoms. The van der Waals surface area contributed by atoms with Gasteiger partial charge in [-0.15, -0.1) is 0 Å². The molecule has 166 valence electrons. The molecule has 8 heteroatoms. The third kappa shape index (κ3) is 3.69. The molecule has 32 heavy (non-hydrogen) atoms. The quantitative estimate of drug-likeness (QED) is 0.657. The van der Waals surface area contributed by atoms with Gasteiger partial charge in [-0.3, -0.25) is 9.59 Å². The van der Waals surface area contributed by atoms with Crippen molar-refractivity contribution in [2.24, 2.45) is 0 Å². The van der Waals surface area contributed by atoms with Gasteiger partial charge in [0.15, 0.2) is 5.43 Å². The number of ether oxygens (including phenoxy) is 1. The smallest absolute Gasteiger partial charge is 0.290 e. The number of halogens is 2. The van der Waals surface area contributed by atoms with Crippen molar-refractivity contribution in [3.05, 3.63) is 81.2 Å². The number of hydrogen-bond acceptors (Lipinski definition) is 4. The normalized spacial score (nSPS) is 19.0. The highest BCUT2D eigenvalue weighted by molar-refractivity contribution is 5.99. The van der Waals surface area contributed by atoms with Gasteiger partial charge >= 0.3 is 0 Å². The molecule has 1 unspecified atom stereocenters. The van der Waals surface area contributed by atoms with Gasteiger partial charge in [0.05, 0.1) is 36.8 Å². The van der Waals surface area contributed by atoms with Crippen LogP contribution in [0.15, 0.2) is 51.7 Å². The SMILES string of the molecule is O=C1c2oc3ccc(F)cc3c(=O)c2C(c2ccc(F)cc2)N1CCC[NH+]1CCOCC1. The number of morpholine rings is 1. The number of benzene rings is 2. The molecule has 1 atom stereocenters. The Morgan fingerprint density at radius 2 is 1.72 bits per heavy atom. The van der Waals surface area contributed by atoms with Crippen molar-refractivity contribution in [1.82, 2.24) is 4.90 Å². The number of fused-ring (bicyclic) bond motifs is 2. The van der Waals surface area contributed by atoms with E-state index in [1.54, 1.807) is 17.0 Å². The van der Waals surface area contributed by atoms with Gasteiger partial charge < -0.3 is 19.0 Å². The van der Waals surface area contributed by atoms with E-state index in [0.29, 0.717) is 12.1 Å². The van der Waals surface area contributed by atoms with Gasteiger partial charge in [-0.2, -0.15) is 0 Å². The first-order valence-corrected chi connectivity index (χ1v) is 10.8. The maximum Gasteiger partial charge on any atom is 0.290 e. The largest absolute Gasteiger partial charge is 0.450 e. The van der Waals surface area contributed by atoms with Crippen molar-refractivity contribution in [3.63, 3.8) is 0 Å². The van der Waals surface area contributed by atoms with E-state index >= 15 is 0 Å². The number of hydrogen-bond donors (Lipinski definition) is 1. The second kappa shape index (κ2) is 8.44. The van der Waals surface area contributed by atoms with Crippen LogP contribution in [0.4, 0.5) is 8.78 Å². The van der Waals surface area contributed by atoms with Crippen LogP contribution in [0, 0.1) is 11.6 Å². The molecule has 0 radical (unpaired) electrons. The van der Waals surface area contributed by atoms with Gasteiger partial charge in [-0.25, -0.2) is 8.78 Å². The lowest BCUT2D eigenvalue weighted by atomic mass is 9.98. The van der Waals surface area contributed by atoms with Crippen LogP contribution in [-0.2, 0) is 4.74 Å². The Morgan fingerprint density at radius 3 is 2.47 bits per heavy atom. The molecule has 3 heterocycles. The molecule has 3 aromatic rings. The molecule has 2 aliphatic rings. The first kappa shape index (κ1) is 20.8. The molecule has 1 amide bonds. The van der Waals surface area contributed by atoms with Gasteiger partial charge in [0, 0.05) is 13.0 Å². The highest BCUT2D eigenvalue weighted by atomic mass is 19.1. The fourth-order valence-corrected chi connectivity index (χ4v) is 4.62. The summed E-state index contributed by atoms with van der Waals surface area (Å²) in [5.41, 5.74) is 0.518. The van der Waals surface area contributed by atoms with Crippen molar-refractivity contribution in [2.75, 3.05) is 39.4 Å². The lowest BCUT2D eigenvalue weighted by Gasteiger charge is -2.27. The number of nitrogens with one attached hydrogen (secondary N) is 1. The average Bonchev–Trinajstić information content (AvgIpc) is 3.08. The molecule has 2 aliphatic heterocycles. The van der Waals surface area contributed by atoms with Crippen LogP contribution in [0.1, 0.15) is 34.1 Å². The molecule has 5 rings (SSSR count). The average molecular weight is 441 g/mol. The Labute approximate surface area is 183 Å². The zero-order valence-electron chi connectivity index (χ0n) is 17.4. The number of amides is 1. The fraction of sp³-hybridized carbons (Fsp3) is 0.333. The summed E-state index contributed by atoms with van der Waals surface area (Å²) >= 11 is 0. The van der Waals surface area contributed by atoms with Crippen molar-refractivity contribution in [2.45, 2.75) is 12.5 Å². The second-order valence-corrected chi connectivity index (χ2v) is 8.23. The molecule has 2 aromatic carbocycles. The zero-order chi connectivity index (χ0) is 22.2. The van der Waals surface area contributed by atoms with Crippen LogP contribution in [0.3, 0.4) is 0 Å². The molecule has 1 aromatic heterocycles. The number of nitrogens with zero attached hydrogens (tertiary/aromatic N) is 1. The van der Waals surface area contributed by atoms with E-state index in [2.05, 4.69) is 0 Å². The summed E-state index contributed by atoms with van der Waals surface area (Å²) in [6.07, 6.45) is 0.731. The summed E-state index contributed by atoms with van der Waals surface area (Å²) in [6.45, 7) is 4.58. The van der Waals surface area contributed by atoms with Crippen molar-refractivity contribution >= 4 is 16.9 Å². The fourth-order valence-electron chi connectivity index (χ4n) is 4.62. The minimum Gasteiger partial charge on any atom is -0.450 e. The number of quaternary nitrogens is 1. The van der Waals surface area contributed by atoms with Crippen LogP contribution in [0.2, 0.25) is 0 Å². The third-order valence-electron chi connectivity index (χ3n) is 6.24. The van der Waals surface area contributed by atoms with Crippen LogP contribution < -0.4 is 10.3 Å². The van der Waals surface area contributed by atoms with Crippen molar-refractivity contribution in [1.29, 1.82) is 0 Å². The van der Waals surface area contributed by atoms with Crippen LogP contribution >= 0.6 is 0 Å². The predicted molar refractivity (Wildman–Crippen MR) is 113 cm³/mol. The number of carbonyl (C=O) groups is 1. The van der Waals surface area contributed by atoms with E-state index in [9.17, 15) is 18.4 Å². The summed E-state index contributed by atoms with van der Waals surface area (Å²) < 4.78 is 38.6. The topological polar surface area (TPSA) is 64.2 Å². The van der Waals surface area contributed by atoms with Gasteiger partial charge in [-0.1, -0.05) is 12.1 Å². The molecular formula is C24H23F2N2O4+. The van der Waals surface area contributed by atoms with E-state index in [-0.39, 0.29) is 28.2 Å². The standard InChI is InChI=1S/C24H22F2N2O4/c25-16-4-2-15(3-5-16)21-20-22(29)18-14-17(26)6-7-19(18)32-23(20)24(30)28(21)9-1-8-27-10-12-31-13-11-27/h2-7,14,21H,1,8-13H2/p+1. The number of rotatable bonds is 5. The lowest BCUT2D eigenvalue weighted by Crippen LogP contribution is -3.14. The van der Waals surface area contributed by atoms with Crippen molar-refractivity contribution < 1.29 is 27.6 Å². The van der Waals surface area contributed by atoms with Gasteiger partial charge in [0.2, 0.25) is 5.76 Å².